The summed E-state index contributed by atoms with van der Waals surface area (Å²) in [7, 11) is 0. The third kappa shape index (κ3) is 36.3. The maximum Gasteiger partial charge on any atom is 0.245 e. The van der Waals surface area contributed by atoms with Crippen molar-refractivity contribution in [2.24, 2.45) is 52.3 Å². The molecule has 3 aliphatic rings. The molecule has 0 saturated heterocycles. The molecule has 0 spiro atoms. The Labute approximate surface area is 279 Å². The van der Waals surface area contributed by atoms with Crippen LogP contribution in [-0.4, -0.2) is 5.92 Å². The van der Waals surface area contributed by atoms with Crippen molar-refractivity contribution in [2.75, 3.05) is 0 Å². The van der Waals surface area contributed by atoms with Gasteiger partial charge in [0.05, 0.1) is 0 Å². The minimum atomic E-state index is -2.48. The number of hydrogen-bond donors (Lipinski definition) is 0. The molecule has 3 aliphatic carbocycles. The van der Waals surface area contributed by atoms with Crippen LogP contribution in [0.3, 0.4) is 0 Å². The monoisotopic (exact) mass is 629 g/mol. The lowest BCUT2D eigenvalue weighted by Gasteiger charge is -2.35. The molecule has 0 nitrogen and oxygen atoms in total. The molecule has 2 heteroatoms. The summed E-state index contributed by atoms with van der Waals surface area (Å²) in [4.78, 5) is 0. The minimum absolute atomic E-state index is 0.00694. The maximum absolute atomic E-state index is 12.0. The van der Waals surface area contributed by atoms with Gasteiger partial charge in [0.1, 0.15) is 0 Å². The van der Waals surface area contributed by atoms with Crippen molar-refractivity contribution in [3.8, 4) is 0 Å². The molecule has 44 heavy (non-hydrogen) atoms. The lowest BCUT2D eigenvalue weighted by atomic mass is 9.71. The first kappa shape index (κ1) is 46.0. The van der Waals surface area contributed by atoms with Gasteiger partial charge in [-0.3, -0.25) is 0 Å². The first-order valence-corrected chi connectivity index (χ1v) is 19.4. The van der Waals surface area contributed by atoms with Crippen molar-refractivity contribution < 1.29 is 8.78 Å². The predicted octanol–water partition coefficient (Wildman–Crippen LogP) is 15.8. The molecule has 3 rings (SSSR count). The lowest BCUT2D eigenvalue weighted by Crippen LogP contribution is -2.21. The van der Waals surface area contributed by atoms with Gasteiger partial charge in [-0.2, -0.15) is 0 Å². The van der Waals surface area contributed by atoms with Crippen LogP contribution in [0.4, 0.5) is 8.78 Å². The summed E-state index contributed by atoms with van der Waals surface area (Å²) >= 11 is 0. The average molecular weight is 629 g/mol. The molecule has 0 N–H and O–H groups in total. The van der Waals surface area contributed by atoms with Crippen molar-refractivity contribution >= 4 is 0 Å². The molecule has 268 valence electrons. The van der Waals surface area contributed by atoms with Gasteiger partial charge in [0.15, 0.2) is 0 Å². The molecular formula is C42H86F2. The topological polar surface area (TPSA) is 0 Å². The highest BCUT2D eigenvalue weighted by atomic mass is 19.3. The number of hydrogen-bond acceptors (Lipinski definition) is 0. The van der Waals surface area contributed by atoms with Gasteiger partial charge in [-0.25, -0.2) is 8.78 Å². The molecule has 0 aromatic heterocycles. The fourth-order valence-corrected chi connectivity index (χ4v) is 7.65. The fraction of sp³-hybridized carbons (Fsp3) is 1.00. The van der Waals surface area contributed by atoms with Crippen LogP contribution in [0.2, 0.25) is 0 Å². The van der Waals surface area contributed by atoms with E-state index in [2.05, 4.69) is 83.1 Å². The Hall–Kier alpha value is -0.140. The summed E-state index contributed by atoms with van der Waals surface area (Å²) in [5, 5.41) is 0. The summed E-state index contributed by atoms with van der Waals surface area (Å²) in [6.45, 7) is 32.4. The van der Waals surface area contributed by atoms with Crippen LogP contribution in [0.25, 0.3) is 0 Å². The van der Waals surface area contributed by atoms with Crippen molar-refractivity contribution in [2.45, 2.75) is 219 Å². The Morgan fingerprint density at radius 3 is 1.16 bits per heavy atom. The van der Waals surface area contributed by atoms with Crippen molar-refractivity contribution in [1.29, 1.82) is 0 Å². The first-order valence-electron chi connectivity index (χ1n) is 19.4. The average Bonchev–Trinajstić information content (AvgIpc) is 3.61. The maximum atomic E-state index is 12.0. The molecule has 0 aliphatic heterocycles. The Bertz CT molecular complexity index is 595. The van der Waals surface area contributed by atoms with E-state index < -0.39 is 5.92 Å². The van der Waals surface area contributed by atoms with Gasteiger partial charge in [0, 0.05) is 6.42 Å². The highest BCUT2D eigenvalue weighted by Gasteiger charge is 2.27. The van der Waals surface area contributed by atoms with Gasteiger partial charge >= 0.3 is 0 Å². The second-order valence-electron chi connectivity index (χ2n) is 19.0. The molecule has 0 atom stereocenters. The minimum Gasteiger partial charge on any atom is -0.207 e. The standard InChI is InChI=1S/C11H22.C10H20.C8H18.C7H14.C6H12F2/c1-10(2)9-11(3)7-5-4-6-8-11;1-9(2)8-10-6-4-3-5-7-10;1-7(2)6-8(3,4)5;1-6(2)5-7-3-4-7;1-5(2)4-6(3,7)8/h10H,4-9H2,1-3H3;9-10H,3-8H2,1-2H3;7H,6H2,1-5H3;6-7H,3-5H2,1-2H3;5H,4H2,1-3H3. The summed E-state index contributed by atoms with van der Waals surface area (Å²) < 4.78 is 23.9. The molecule has 0 unspecified atom stereocenters. The summed E-state index contributed by atoms with van der Waals surface area (Å²) in [5.41, 5.74) is 1.22. The van der Waals surface area contributed by atoms with Crippen LogP contribution in [0.5, 0.6) is 0 Å². The van der Waals surface area contributed by atoms with Crippen LogP contribution in [0.1, 0.15) is 213 Å². The smallest absolute Gasteiger partial charge is 0.207 e. The van der Waals surface area contributed by atoms with Crippen molar-refractivity contribution in [1.82, 2.24) is 0 Å². The van der Waals surface area contributed by atoms with Gasteiger partial charge in [-0.05, 0) is 97.7 Å². The predicted molar refractivity (Wildman–Crippen MR) is 198 cm³/mol. The van der Waals surface area contributed by atoms with Crippen LogP contribution in [0.15, 0.2) is 0 Å². The van der Waals surface area contributed by atoms with Gasteiger partial charge < -0.3 is 0 Å². The Balaban J connectivity index is 0. The number of halogens is 2. The Morgan fingerprint density at radius 1 is 0.523 bits per heavy atom. The van der Waals surface area contributed by atoms with Gasteiger partial charge in [-0.1, -0.05) is 161 Å². The Kier molecular flexibility index (Phi) is 25.2. The molecule has 0 aromatic carbocycles. The van der Waals surface area contributed by atoms with E-state index in [4.69, 9.17) is 0 Å². The van der Waals surface area contributed by atoms with E-state index >= 15 is 0 Å². The zero-order valence-electron chi connectivity index (χ0n) is 33.3. The van der Waals surface area contributed by atoms with Crippen molar-refractivity contribution in [3.63, 3.8) is 0 Å². The van der Waals surface area contributed by atoms with E-state index in [1.807, 2.05) is 0 Å². The lowest BCUT2D eigenvalue weighted by molar-refractivity contribution is 0.000972. The van der Waals surface area contributed by atoms with Gasteiger partial charge in [0.25, 0.3) is 0 Å². The first-order chi connectivity index (χ1) is 20.0. The summed E-state index contributed by atoms with van der Waals surface area (Å²) in [5.74, 6) is 3.40. The SMILES string of the molecule is CC(C)CC(C)(C)C.CC(C)CC(C)(F)F.CC(C)CC1(C)CCCCC1.CC(C)CC1CC1.CC(C)CC1CCCCC1. The normalized spacial score (nSPS) is 19.0. The highest BCUT2D eigenvalue weighted by Crippen LogP contribution is 2.40. The number of rotatable bonds is 9. The van der Waals surface area contributed by atoms with Crippen LogP contribution in [-0.2, 0) is 0 Å². The highest BCUT2D eigenvalue weighted by molar-refractivity contribution is 4.79. The van der Waals surface area contributed by atoms with Crippen LogP contribution in [0, 0.1) is 52.3 Å². The van der Waals surface area contributed by atoms with E-state index in [-0.39, 0.29) is 12.3 Å². The van der Waals surface area contributed by atoms with E-state index in [9.17, 15) is 8.78 Å². The quantitative estimate of drug-likeness (QED) is 0.238. The molecule has 0 bridgehead atoms. The largest absolute Gasteiger partial charge is 0.245 e. The fourth-order valence-electron chi connectivity index (χ4n) is 7.65. The Morgan fingerprint density at radius 2 is 0.909 bits per heavy atom. The second kappa shape index (κ2) is 24.1. The summed E-state index contributed by atoms with van der Waals surface area (Å²) in [6.07, 6.45) is 23.6. The molecular weight excluding hydrogens is 542 g/mol. The molecule has 0 heterocycles. The van der Waals surface area contributed by atoms with Crippen LogP contribution < -0.4 is 0 Å². The van der Waals surface area contributed by atoms with Gasteiger partial charge in [-0.15, -0.1) is 0 Å². The van der Waals surface area contributed by atoms with E-state index in [1.165, 1.54) is 103 Å². The van der Waals surface area contributed by atoms with E-state index in [0.29, 0.717) is 10.8 Å². The van der Waals surface area contributed by atoms with Crippen molar-refractivity contribution in [3.05, 3.63) is 0 Å². The molecule has 0 aromatic rings. The molecule has 0 radical (unpaired) electrons. The second-order valence-corrected chi connectivity index (χ2v) is 19.0. The van der Waals surface area contributed by atoms with E-state index in [0.717, 1.165) is 42.4 Å². The van der Waals surface area contributed by atoms with Crippen LogP contribution >= 0.6 is 0 Å². The molecule has 0 amide bonds. The summed E-state index contributed by atoms with van der Waals surface area (Å²) in [6, 6.07) is 0. The van der Waals surface area contributed by atoms with Gasteiger partial charge in [0.2, 0.25) is 5.92 Å². The third-order valence-corrected chi connectivity index (χ3v) is 8.78. The zero-order chi connectivity index (χ0) is 34.6. The van der Waals surface area contributed by atoms with E-state index in [1.54, 1.807) is 13.8 Å². The molecule has 3 fully saturated rings. The number of alkyl halides is 2. The third-order valence-electron chi connectivity index (χ3n) is 8.78. The molecule has 3 saturated carbocycles. The zero-order valence-corrected chi connectivity index (χ0v) is 33.3.